The van der Waals surface area contributed by atoms with E-state index in [1.807, 2.05) is 0 Å². The van der Waals surface area contributed by atoms with Gasteiger partial charge in [-0.1, -0.05) is 12.1 Å². The topological polar surface area (TPSA) is 67.2 Å². The highest BCUT2D eigenvalue weighted by Gasteiger charge is 2.38. The van der Waals surface area contributed by atoms with Gasteiger partial charge in [0, 0.05) is 13.6 Å². The molecule has 1 N–H and O–H groups in total. The Bertz CT molecular complexity index is 755. The number of rotatable bonds is 5. The Morgan fingerprint density at radius 2 is 1.96 bits per heavy atom. The molecule has 2 amide bonds. The van der Waals surface area contributed by atoms with Gasteiger partial charge in [0.1, 0.15) is 6.54 Å². The minimum Gasteiger partial charge on any atom is -0.358 e. The van der Waals surface area contributed by atoms with Crippen molar-refractivity contribution >= 4 is 22.8 Å². The lowest BCUT2D eigenvalue weighted by atomic mass is 10.3. The lowest BCUT2D eigenvalue weighted by molar-refractivity contribution is -0.148. The van der Waals surface area contributed by atoms with E-state index >= 15 is 0 Å². The number of para-hydroxylation sites is 2. The van der Waals surface area contributed by atoms with Crippen molar-refractivity contribution < 1.29 is 22.8 Å². The van der Waals surface area contributed by atoms with Crippen LogP contribution in [0, 0.1) is 0 Å². The molecule has 2 rings (SSSR count). The maximum absolute atomic E-state index is 13.2. The molecular formula is C15H17F3N4O2. The van der Waals surface area contributed by atoms with Crippen LogP contribution in [0.1, 0.15) is 12.7 Å². The Kier molecular flexibility index (Phi) is 5.10. The maximum Gasteiger partial charge on any atom is 0.449 e. The SMILES string of the molecule is CCN(CC(=O)NC)C(=O)Cn1c(C(F)(F)F)nc2ccccc21. The number of hydrogen-bond donors (Lipinski definition) is 1. The number of carbonyl (C=O) groups is 2. The third-order valence-electron chi connectivity index (χ3n) is 3.55. The minimum atomic E-state index is -4.68. The number of nitrogens with zero attached hydrogens (tertiary/aromatic N) is 3. The summed E-state index contributed by atoms with van der Waals surface area (Å²) in [6.07, 6.45) is -4.68. The zero-order chi connectivity index (χ0) is 17.9. The highest BCUT2D eigenvalue weighted by molar-refractivity contribution is 5.86. The van der Waals surface area contributed by atoms with Gasteiger partial charge in [-0.15, -0.1) is 0 Å². The van der Waals surface area contributed by atoms with Crippen LogP contribution in [-0.2, 0) is 22.3 Å². The summed E-state index contributed by atoms with van der Waals surface area (Å²) in [5.41, 5.74) is 0.376. The fourth-order valence-electron chi connectivity index (χ4n) is 2.32. The number of aromatic nitrogens is 2. The van der Waals surface area contributed by atoms with Gasteiger partial charge < -0.3 is 14.8 Å². The molecule has 0 radical (unpaired) electrons. The molecule has 24 heavy (non-hydrogen) atoms. The monoisotopic (exact) mass is 342 g/mol. The molecule has 0 fully saturated rings. The summed E-state index contributed by atoms with van der Waals surface area (Å²) in [5.74, 6) is -2.11. The Morgan fingerprint density at radius 1 is 1.29 bits per heavy atom. The van der Waals surface area contributed by atoms with Crippen molar-refractivity contribution in [1.82, 2.24) is 19.8 Å². The lowest BCUT2D eigenvalue weighted by Gasteiger charge is -2.21. The number of amides is 2. The van der Waals surface area contributed by atoms with Gasteiger partial charge in [-0.05, 0) is 19.1 Å². The Labute approximate surface area is 136 Å². The van der Waals surface area contributed by atoms with Crippen molar-refractivity contribution in [3.8, 4) is 0 Å². The molecular weight excluding hydrogens is 325 g/mol. The number of alkyl halides is 3. The zero-order valence-corrected chi connectivity index (χ0v) is 13.2. The first kappa shape index (κ1) is 17.8. The van der Waals surface area contributed by atoms with E-state index < -0.39 is 30.4 Å². The summed E-state index contributed by atoms with van der Waals surface area (Å²) < 4.78 is 40.5. The molecule has 0 unspecified atom stereocenters. The van der Waals surface area contributed by atoms with Gasteiger partial charge in [0.25, 0.3) is 0 Å². The van der Waals surface area contributed by atoms with Crippen LogP contribution in [0.2, 0.25) is 0 Å². The van der Waals surface area contributed by atoms with Crippen molar-refractivity contribution in [2.45, 2.75) is 19.6 Å². The number of nitrogens with one attached hydrogen (secondary N) is 1. The fraction of sp³-hybridized carbons (Fsp3) is 0.400. The molecule has 2 aromatic rings. The van der Waals surface area contributed by atoms with Gasteiger partial charge in [-0.3, -0.25) is 9.59 Å². The molecule has 0 aliphatic rings. The van der Waals surface area contributed by atoms with E-state index in [1.165, 1.54) is 24.1 Å². The van der Waals surface area contributed by atoms with E-state index in [-0.39, 0.29) is 24.1 Å². The molecule has 0 aliphatic heterocycles. The van der Waals surface area contributed by atoms with Crippen LogP contribution in [0.4, 0.5) is 13.2 Å². The standard InChI is InChI=1S/C15H17F3N4O2/c1-3-21(8-12(23)19-2)13(24)9-22-11-7-5-4-6-10(11)20-14(22)15(16,17)18/h4-7H,3,8-9H2,1-2H3,(H,19,23). The quantitative estimate of drug-likeness (QED) is 0.898. The van der Waals surface area contributed by atoms with Crippen molar-refractivity contribution in [3.63, 3.8) is 0 Å². The number of carbonyl (C=O) groups excluding carboxylic acids is 2. The van der Waals surface area contributed by atoms with Crippen LogP contribution in [0.15, 0.2) is 24.3 Å². The van der Waals surface area contributed by atoms with Gasteiger partial charge >= 0.3 is 6.18 Å². The summed E-state index contributed by atoms with van der Waals surface area (Å²) in [7, 11) is 1.42. The fourth-order valence-corrected chi connectivity index (χ4v) is 2.32. The Balaban J connectivity index is 2.37. The van der Waals surface area contributed by atoms with Gasteiger partial charge in [0.15, 0.2) is 0 Å². The number of hydrogen-bond acceptors (Lipinski definition) is 3. The number of fused-ring (bicyclic) bond motifs is 1. The molecule has 0 spiro atoms. The summed E-state index contributed by atoms with van der Waals surface area (Å²) in [6.45, 7) is 1.11. The van der Waals surface area contributed by atoms with Crippen molar-refractivity contribution in [3.05, 3.63) is 30.1 Å². The lowest BCUT2D eigenvalue weighted by Crippen LogP contribution is -2.41. The van der Waals surface area contributed by atoms with Crippen molar-refractivity contribution in [1.29, 1.82) is 0 Å². The second-order valence-electron chi connectivity index (χ2n) is 5.09. The first-order chi connectivity index (χ1) is 11.3. The Hall–Kier alpha value is -2.58. The molecule has 0 atom stereocenters. The molecule has 0 saturated heterocycles. The third kappa shape index (κ3) is 3.66. The van der Waals surface area contributed by atoms with Gasteiger partial charge in [0.2, 0.25) is 17.6 Å². The highest BCUT2D eigenvalue weighted by atomic mass is 19.4. The van der Waals surface area contributed by atoms with E-state index in [9.17, 15) is 22.8 Å². The molecule has 1 aromatic heterocycles. The smallest absolute Gasteiger partial charge is 0.358 e. The first-order valence-corrected chi connectivity index (χ1v) is 7.28. The number of halogens is 3. The molecule has 0 saturated carbocycles. The van der Waals surface area contributed by atoms with Crippen molar-refractivity contribution in [2.24, 2.45) is 0 Å². The van der Waals surface area contributed by atoms with Crippen LogP contribution in [0.25, 0.3) is 11.0 Å². The molecule has 0 bridgehead atoms. The van der Waals surface area contributed by atoms with Crippen LogP contribution in [0.5, 0.6) is 0 Å². The van der Waals surface area contributed by atoms with Crippen LogP contribution in [-0.4, -0.2) is 46.4 Å². The van der Waals surface area contributed by atoms with Crippen molar-refractivity contribution in [2.75, 3.05) is 20.1 Å². The second kappa shape index (κ2) is 6.90. The predicted molar refractivity (Wildman–Crippen MR) is 81.1 cm³/mol. The normalized spacial score (nSPS) is 11.5. The second-order valence-corrected chi connectivity index (χ2v) is 5.09. The summed E-state index contributed by atoms with van der Waals surface area (Å²) >= 11 is 0. The van der Waals surface area contributed by atoms with Crippen LogP contribution in [0.3, 0.4) is 0 Å². The molecule has 130 valence electrons. The van der Waals surface area contributed by atoms with Crippen LogP contribution >= 0.6 is 0 Å². The molecule has 0 aliphatic carbocycles. The van der Waals surface area contributed by atoms with Gasteiger partial charge in [0.05, 0.1) is 17.6 Å². The maximum atomic E-state index is 13.2. The molecule has 9 heteroatoms. The van der Waals surface area contributed by atoms with Gasteiger partial charge in [-0.25, -0.2) is 4.98 Å². The van der Waals surface area contributed by atoms with Crippen LogP contribution < -0.4 is 5.32 Å². The average Bonchev–Trinajstić information content (AvgIpc) is 2.91. The van der Waals surface area contributed by atoms with E-state index in [1.54, 1.807) is 19.1 Å². The molecule has 1 aromatic carbocycles. The largest absolute Gasteiger partial charge is 0.449 e. The van der Waals surface area contributed by atoms with Gasteiger partial charge in [-0.2, -0.15) is 13.2 Å². The minimum absolute atomic E-state index is 0.159. The number of benzene rings is 1. The average molecular weight is 342 g/mol. The number of imidazole rings is 1. The number of likely N-dealkylation sites (N-methyl/N-ethyl adjacent to an activating group) is 2. The van der Waals surface area contributed by atoms with E-state index in [0.29, 0.717) is 0 Å². The highest BCUT2D eigenvalue weighted by Crippen LogP contribution is 2.31. The predicted octanol–water partition coefficient (Wildman–Crippen LogP) is 1.65. The Morgan fingerprint density at radius 3 is 2.54 bits per heavy atom. The van der Waals surface area contributed by atoms with E-state index in [0.717, 1.165) is 4.57 Å². The zero-order valence-electron chi connectivity index (χ0n) is 13.2. The molecule has 1 heterocycles. The third-order valence-corrected chi connectivity index (χ3v) is 3.55. The summed E-state index contributed by atoms with van der Waals surface area (Å²) in [5, 5.41) is 2.38. The van der Waals surface area contributed by atoms with E-state index in [4.69, 9.17) is 0 Å². The first-order valence-electron chi connectivity index (χ1n) is 7.28. The molecule has 6 nitrogen and oxygen atoms in total. The summed E-state index contributed by atoms with van der Waals surface area (Å²) in [4.78, 5) is 28.5. The summed E-state index contributed by atoms with van der Waals surface area (Å²) in [6, 6.07) is 6.08. The van der Waals surface area contributed by atoms with E-state index in [2.05, 4.69) is 10.3 Å².